The van der Waals surface area contributed by atoms with Gasteiger partial charge in [0.05, 0.1) is 12.8 Å². The molecule has 4 aromatic rings. The molecular weight excluding hydrogens is 472 g/mol. The van der Waals surface area contributed by atoms with Crippen LogP contribution in [0.2, 0.25) is 0 Å². The van der Waals surface area contributed by atoms with Gasteiger partial charge in [-0.05, 0) is 55.0 Å². The molecule has 0 radical (unpaired) electrons. The van der Waals surface area contributed by atoms with Gasteiger partial charge in [-0.3, -0.25) is 4.99 Å². The Morgan fingerprint density at radius 3 is 2.47 bits per heavy atom. The number of esters is 1. The molecule has 3 aromatic carbocycles. The van der Waals surface area contributed by atoms with Gasteiger partial charge in [0.2, 0.25) is 0 Å². The fraction of sp³-hybridized carbons (Fsp3) is 0.0800. The molecule has 0 fully saturated rings. The highest BCUT2D eigenvalue weighted by Crippen LogP contribution is 2.29. The molecule has 0 aliphatic carbocycles. The van der Waals surface area contributed by atoms with Crippen molar-refractivity contribution in [2.45, 2.75) is 6.92 Å². The highest BCUT2D eigenvalue weighted by Gasteiger charge is 2.18. The summed E-state index contributed by atoms with van der Waals surface area (Å²) in [6, 6.07) is 22.1. The number of methoxy groups -OCH3 is 1. The Morgan fingerprint density at radius 1 is 1.00 bits per heavy atom. The Morgan fingerprint density at radius 2 is 1.75 bits per heavy atom. The molecule has 160 valence electrons. The molecule has 0 saturated carbocycles. The van der Waals surface area contributed by atoms with Gasteiger partial charge in [0.25, 0.3) is 0 Å². The molecule has 0 N–H and O–H groups in total. The van der Waals surface area contributed by atoms with Crippen LogP contribution in [-0.4, -0.2) is 24.5 Å². The second-order valence-electron chi connectivity index (χ2n) is 6.98. The standard InChI is InChI=1S/C25H19BrN2O4/c1-16-3-6-18(7-4-16)23-14-21(28-32-23)25(29)31-22-12-5-17(13-24(22)30-2)15-27-20-10-8-19(26)9-11-20/h3-15H,1-2H3. The average Bonchev–Trinajstić information content (AvgIpc) is 3.30. The summed E-state index contributed by atoms with van der Waals surface area (Å²) in [6.45, 7) is 2.00. The highest BCUT2D eigenvalue weighted by molar-refractivity contribution is 9.10. The monoisotopic (exact) mass is 490 g/mol. The van der Waals surface area contributed by atoms with Crippen molar-refractivity contribution >= 4 is 33.8 Å². The van der Waals surface area contributed by atoms with E-state index in [9.17, 15) is 4.79 Å². The van der Waals surface area contributed by atoms with Crippen molar-refractivity contribution in [3.8, 4) is 22.8 Å². The van der Waals surface area contributed by atoms with E-state index >= 15 is 0 Å². The SMILES string of the molecule is COc1cc(C=Nc2ccc(Br)cc2)ccc1OC(=O)c1cc(-c2ccc(C)cc2)on1. The number of carbonyl (C=O) groups is 1. The first-order valence-electron chi connectivity index (χ1n) is 9.75. The minimum atomic E-state index is -0.637. The fourth-order valence-electron chi connectivity index (χ4n) is 2.90. The van der Waals surface area contributed by atoms with Crippen LogP contribution in [-0.2, 0) is 0 Å². The number of aliphatic imine (C=N–C) groups is 1. The molecule has 0 bridgehead atoms. The van der Waals surface area contributed by atoms with Crippen molar-refractivity contribution in [1.82, 2.24) is 5.16 Å². The smallest absolute Gasteiger partial charge is 0.366 e. The Kier molecular flexibility index (Phi) is 6.47. The van der Waals surface area contributed by atoms with Crippen LogP contribution in [0.15, 0.2) is 86.8 Å². The number of benzene rings is 3. The minimum absolute atomic E-state index is 0.0727. The van der Waals surface area contributed by atoms with Crippen LogP contribution in [0.5, 0.6) is 11.5 Å². The first-order valence-corrected chi connectivity index (χ1v) is 10.5. The minimum Gasteiger partial charge on any atom is -0.493 e. The lowest BCUT2D eigenvalue weighted by Gasteiger charge is -2.08. The predicted octanol–water partition coefficient (Wildman–Crippen LogP) is 6.39. The molecule has 4 rings (SSSR count). The van der Waals surface area contributed by atoms with Crippen LogP contribution in [0.25, 0.3) is 11.3 Å². The maximum absolute atomic E-state index is 12.6. The molecule has 0 atom stereocenters. The molecule has 32 heavy (non-hydrogen) atoms. The van der Waals surface area contributed by atoms with E-state index in [1.165, 1.54) is 7.11 Å². The van der Waals surface area contributed by atoms with Crippen LogP contribution in [0, 0.1) is 6.92 Å². The molecule has 0 unspecified atom stereocenters. The lowest BCUT2D eigenvalue weighted by atomic mass is 10.1. The van der Waals surface area contributed by atoms with Gasteiger partial charge in [0.1, 0.15) is 0 Å². The number of nitrogens with zero attached hydrogens (tertiary/aromatic N) is 2. The summed E-state index contributed by atoms with van der Waals surface area (Å²) in [4.78, 5) is 17.0. The molecule has 0 aliphatic rings. The maximum Gasteiger partial charge on any atom is 0.366 e. The Bertz CT molecular complexity index is 1260. The van der Waals surface area contributed by atoms with Crippen LogP contribution < -0.4 is 9.47 Å². The Hall–Kier alpha value is -3.71. The van der Waals surface area contributed by atoms with E-state index in [1.807, 2.05) is 55.5 Å². The molecule has 0 amide bonds. The number of halogens is 1. The van der Waals surface area contributed by atoms with Crippen molar-refractivity contribution in [3.63, 3.8) is 0 Å². The van der Waals surface area contributed by atoms with Gasteiger partial charge < -0.3 is 14.0 Å². The lowest BCUT2D eigenvalue weighted by molar-refractivity contribution is 0.0719. The van der Waals surface area contributed by atoms with Gasteiger partial charge in [-0.1, -0.05) is 50.9 Å². The lowest BCUT2D eigenvalue weighted by Crippen LogP contribution is -2.09. The third kappa shape index (κ3) is 5.12. The van der Waals surface area contributed by atoms with E-state index in [0.717, 1.165) is 26.9 Å². The van der Waals surface area contributed by atoms with E-state index in [0.29, 0.717) is 11.5 Å². The normalized spacial score (nSPS) is 11.0. The summed E-state index contributed by atoms with van der Waals surface area (Å²) in [5, 5.41) is 3.84. The van der Waals surface area contributed by atoms with Crippen LogP contribution in [0.3, 0.4) is 0 Å². The van der Waals surface area contributed by atoms with Gasteiger partial charge in [-0.2, -0.15) is 0 Å². The van der Waals surface area contributed by atoms with Crippen molar-refractivity contribution in [2.24, 2.45) is 4.99 Å². The van der Waals surface area contributed by atoms with Gasteiger partial charge in [0.15, 0.2) is 23.0 Å². The summed E-state index contributed by atoms with van der Waals surface area (Å²) in [6.07, 6.45) is 1.71. The van der Waals surface area contributed by atoms with Crippen LogP contribution >= 0.6 is 15.9 Å². The van der Waals surface area contributed by atoms with E-state index in [2.05, 4.69) is 26.1 Å². The molecule has 6 nitrogen and oxygen atoms in total. The second kappa shape index (κ2) is 9.62. The summed E-state index contributed by atoms with van der Waals surface area (Å²) >= 11 is 3.40. The first kappa shape index (κ1) is 21.5. The first-order chi connectivity index (χ1) is 15.5. The highest BCUT2D eigenvalue weighted by atomic mass is 79.9. The zero-order chi connectivity index (χ0) is 22.5. The molecule has 0 spiro atoms. The summed E-state index contributed by atoms with van der Waals surface area (Å²) in [5.74, 6) is 0.531. The van der Waals surface area contributed by atoms with Gasteiger partial charge >= 0.3 is 5.97 Å². The van der Waals surface area contributed by atoms with Crippen molar-refractivity contribution in [3.05, 3.63) is 94.1 Å². The maximum atomic E-state index is 12.6. The Labute approximate surface area is 193 Å². The van der Waals surface area contributed by atoms with Crippen LogP contribution in [0.4, 0.5) is 5.69 Å². The zero-order valence-electron chi connectivity index (χ0n) is 17.4. The van der Waals surface area contributed by atoms with Gasteiger partial charge in [0, 0.05) is 22.3 Å². The van der Waals surface area contributed by atoms with Crippen molar-refractivity contribution in [1.29, 1.82) is 0 Å². The van der Waals surface area contributed by atoms with Gasteiger partial charge in [-0.15, -0.1) is 0 Å². The van der Waals surface area contributed by atoms with E-state index in [1.54, 1.807) is 30.5 Å². The number of aryl methyl sites for hydroxylation is 1. The van der Waals surface area contributed by atoms with Crippen molar-refractivity contribution in [2.75, 3.05) is 7.11 Å². The van der Waals surface area contributed by atoms with E-state index in [-0.39, 0.29) is 11.4 Å². The van der Waals surface area contributed by atoms with E-state index < -0.39 is 5.97 Å². The average molecular weight is 491 g/mol. The van der Waals surface area contributed by atoms with Gasteiger partial charge in [-0.25, -0.2) is 4.79 Å². The van der Waals surface area contributed by atoms with E-state index in [4.69, 9.17) is 14.0 Å². The Balaban J connectivity index is 1.48. The number of rotatable bonds is 6. The molecule has 0 aliphatic heterocycles. The fourth-order valence-corrected chi connectivity index (χ4v) is 3.17. The molecule has 0 saturated heterocycles. The van der Waals surface area contributed by atoms with Crippen LogP contribution in [0.1, 0.15) is 21.6 Å². The third-order valence-corrected chi connectivity index (χ3v) is 5.16. The molecule has 7 heteroatoms. The summed E-state index contributed by atoms with van der Waals surface area (Å²) < 4.78 is 17.2. The molecule has 1 heterocycles. The largest absolute Gasteiger partial charge is 0.493 e. The molecular formula is C25H19BrN2O4. The summed E-state index contributed by atoms with van der Waals surface area (Å²) in [5.41, 5.74) is 3.65. The molecule has 1 aromatic heterocycles. The quantitative estimate of drug-likeness (QED) is 0.178. The zero-order valence-corrected chi connectivity index (χ0v) is 19.0. The summed E-state index contributed by atoms with van der Waals surface area (Å²) in [7, 11) is 1.51. The predicted molar refractivity (Wildman–Crippen MR) is 126 cm³/mol. The number of hydrogen-bond acceptors (Lipinski definition) is 6. The number of hydrogen-bond donors (Lipinski definition) is 0. The topological polar surface area (TPSA) is 73.9 Å². The third-order valence-electron chi connectivity index (χ3n) is 4.64. The number of aromatic nitrogens is 1. The number of carbonyl (C=O) groups excluding carboxylic acids is 1. The second-order valence-corrected chi connectivity index (χ2v) is 7.89. The van der Waals surface area contributed by atoms with Crippen molar-refractivity contribution < 1.29 is 18.8 Å². The number of ether oxygens (including phenoxy) is 2.